The predicted octanol–water partition coefficient (Wildman–Crippen LogP) is 2.87. The molecule has 1 aliphatic carbocycles. The summed E-state index contributed by atoms with van der Waals surface area (Å²) < 4.78 is 0. The number of thioether (sulfide) groups is 1. The molecule has 7 heteroatoms. The second kappa shape index (κ2) is 6.51. The van der Waals surface area contributed by atoms with Gasteiger partial charge in [0.15, 0.2) is 5.65 Å². The Labute approximate surface area is 128 Å². The molecule has 0 aliphatic heterocycles. The van der Waals surface area contributed by atoms with Crippen LogP contribution in [-0.4, -0.2) is 44.3 Å². The van der Waals surface area contributed by atoms with Crippen LogP contribution in [0.5, 0.6) is 0 Å². The van der Waals surface area contributed by atoms with Crippen LogP contribution >= 0.6 is 11.8 Å². The van der Waals surface area contributed by atoms with E-state index in [9.17, 15) is 0 Å². The summed E-state index contributed by atoms with van der Waals surface area (Å²) in [5, 5.41) is 15.5. The van der Waals surface area contributed by atoms with Crippen molar-refractivity contribution in [3.63, 3.8) is 0 Å². The third-order valence-corrected chi connectivity index (χ3v) is 5.14. The first kappa shape index (κ1) is 14.4. The highest BCUT2D eigenvalue weighted by Crippen LogP contribution is 2.31. The molecule has 21 heavy (non-hydrogen) atoms. The van der Waals surface area contributed by atoms with Crippen molar-refractivity contribution in [3.05, 3.63) is 6.20 Å². The minimum absolute atomic E-state index is 0.469. The van der Waals surface area contributed by atoms with Crippen molar-refractivity contribution in [3.8, 4) is 0 Å². The highest BCUT2D eigenvalue weighted by molar-refractivity contribution is 7.99. The quantitative estimate of drug-likeness (QED) is 0.788. The maximum absolute atomic E-state index is 4.62. The van der Waals surface area contributed by atoms with Gasteiger partial charge in [-0.05, 0) is 26.0 Å². The van der Waals surface area contributed by atoms with Gasteiger partial charge in [-0.15, -0.1) is 0 Å². The third kappa shape index (κ3) is 3.07. The average Bonchev–Trinajstić information content (AvgIpc) is 2.97. The van der Waals surface area contributed by atoms with Crippen LogP contribution < -0.4 is 10.6 Å². The molecule has 0 spiro atoms. The molecule has 1 aliphatic rings. The van der Waals surface area contributed by atoms with E-state index >= 15 is 0 Å². The van der Waals surface area contributed by atoms with E-state index in [2.05, 4.69) is 37.1 Å². The Kier molecular flexibility index (Phi) is 4.48. The smallest absolute Gasteiger partial charge is 0.226 e. The number of fused-ring (bicyclic) bond motifs is 1. The summed E-state index contributed by atoms with van der Waals surface area (Å²) in [6.45, 7) is 2.84. The lowest BCUT2D eigenvalue weighted by molar-refractivity contribution is 0.474. The molecule has 1 fully saturated rings. The van der Waals surface area contributed by atoms with E-state index in [0.717, 1.165) is 23.4 Å². The first-order valence-corrected chi connectivity index (χ1v) is 8.85. The van der Waals surface area contributed by atoms with E-state index in [0.29, 0.717) is 17.2 Å². The van der Waals surface area contributed by atoms with Crippen LogP contribution in [0.3, 0.4) is 0 Å². The molecule has 0 bridgehead atoms. The molecule has 114 valence electrons. The summed E-state index contributed by atoms with van der Waals surface area (Å²) in [5.74, 6) is 1.53. The SMILES string of the molecule is CCNc1nc(NC2CCCCC2SC)c2cn[nH]c2n1. The lowest BCUT2D eigenvalue weighted by atomic mass is 9.95. The first-order chi connectivity index (χ1) is 10.3. The van der Waals surface area contributed by atoms with Crippen LogP contribution in [0.1, 0.15) is 32.6 Å². The fraction of sp³-hybridized carbons (Fsp3) is 0.643. The van der Waals surface area contributed by atoms with Crippen LogP contribution in [0.15, 0.2) is 6.20 Å². The number of aromatic amines is 1. The molecule has 0 amide bonds. The van der Waals surface area contributed by atoms with Gasteiger partial charge in [0.25, 0.3) is 0 Å². The van der Waals surface area contributed by atoms with Crippen molar-refractivity contribution < 1.29 is 0 Å². The Balaban J connectivity index is 1.89. The molecule has 3 rings (SSSR count). The zero-order valence-corrected chi connectivity index (χ0v) is 13.3. The number of hydrogen-bond acceptors (Lipinski definition) is 6. The van der Waals surface area contributed by atoms with Gasteiger partial charge >= 0.3 is 0 Å². The Morgan fingerprint density at radius 3 is 3.00 bits per heavy atom. The van der Waals surface area contributed by atoms with E-state index in [-0.39, 0.29) is 0 Å². The van der Waals surface area contributed by atoms with Crippen molar-refractivity contribution in [2.24, 2.45) is 0 Å². The molecule has 0 radical (unpaired) electrons. The van der Waals surface area contributed by atoms with Gasteiger partial charge in [0.1, 0.15) is 5.82 Å². The van der Waals surface area contributed by atoms with Crippen LogP contribution in [0.4, 0.5) is 11.8 Å². The average molecular weight is 306 g/mol. The lowest BCUT2D eigenvalue weighted by Gasteiger charge is -2.31. The highest BCUT2D eigenvalue weighted by Gasteiger charge is 2.25. The monoisotopic (exact) mass is 306 g/mol. The van der Waals surface area contributed by atoms with Crippen molar-refractivity contribution in [2.75, 3.05) is 23.4 Å². The molecule has 2 unspecified atom stereocenters. The van der Waals surface area contributed by atoms with Gasteiger partial charge in [-0.2, -0.15) is 26.8 Å². The maximum Gasteiger partial charge on any atom is 0.226 e. The van der Waals surface area contributed by atoms with Gasteiger partial charge in [-0.25, -0.2) is 0 Å². The standard InChI is InChI=1S/C14H22N6S/c1-3-15-14-18-12(9-8-16-20-13(9)19-14)17-10-6-4-5-7-11(10)21-2/h8,10-11H,3-7H2,1-2H3,(H3,15,16,17,18,19,20). The zero-order chi connectivity index (χ0) is 14.7. The van der Waals surface area contributed by atoms with E-state index in [1.807, 2.05) is 18.7 Å². The number of anilines is 2. The summed E-state index contributed by atoms with van der Waals surface area (Å²) in [6.07, 6.45) is 9.09. The molecule has 2 heterocycles. The fourth-order valence-electron chi connectivity index (χ4n) is 2.90. The Bertz CT molecular complexity index is 598. The molecular formula is C14H22N6S. The van der Waals surface area contributed by atoms with Crippen LogP contribution in [0.2, 0.25) is 0 Å². The highest BCUT2D eigenvalue weighted by atomic mass is 32.2. The largest absolute Gasteiger partial charge is 0.365 e. The van der Waals surface area contributed by atoms with Crippen molar-refractivity contribution in [1.29, 1.82) is 0 Å². The number of H-pyrrole nitrogens is 1. The molecule has 2 aromatic rings. The maximum atomic E-state index is 4.62. The summed E-state index contributed by atoms with van der Waals surface area (Å²) in [7, 11) is 0. The second-order valence-corrected chi connectivity index (χ2v) is 6.44. The first-order valence-electron chi connectivity index (χ1n) is 7.56. The number of rotatable bonds is 5. The third-order valence-electron chi connectivity index (χ3n) is 3.97. The van der Waals surface area contributed by atoms with E-state index in [4.69, 9.17) is 0 Å². The Morgan fingerprint density at radius 1 is 1.33 bits per heavy atom. The van der Waals surface area contributed by atoms with Crippen molar-refractivity contribution >= 4 is 34.6 Å². The minimum Gasteiger partial charge on any atom is -0.365 e. The zero-order valence-electron chi connectivity index (χ0n) is 12.5. The number of nitrogens with one attached hydrogen (secondary N) is 3. The van der Waals surface area contributed by atoms with Crippen LogP contribution in [0, 0.1) is 0 Å². The molecule has 6 nitrogen and oxygen atoms in total. The number of nitrogens with zero attached hydrogens (tertiary/aromatic N) is 3. The molecule has 1 saturated carbocycles. The molecule has 0 aromatic carbocycles. The molecule has 2 atom stereocenters. The number of aromatic nitrogens is 4. The summed E-state index contributed by atoms with van der Waals surface area (Å²) >= 11 is 1.95. The number of hydrogen-bond donors (Lipinski definition) is 3. The summed E-state index contributed by atoms with van der Waals surface area (Å²) in [6, 6.07) is 0.469. The van der Waals surface area contributed by atoms with Gasteiger partial charge in [0.05, 0.1) is 11.6 Å². The molecule has 0 saturated heterocycles. The molecule has 3 N–H and O–H groups in total. The van der Waals surface area contributed by atoms with Crippen LogP contribution in [-0.2, 0) is 0 Å². The second-order valence-electron chi connectivity index (χ2n) is 5.37. The predicted molar refractivity (Wildman–Crippen MR) is 89.0 cm³/mol. The van der Waals surface area contributed by atoms with Gasteiger partial charge in [0.2, 0.25) is 5.95 Å². The summed E-state index contributed by atoms with van der Waals surface area (Å²) in [4.78, 5) is 9.06. The van der Waals surface area contributed by atoms with Crippen molar-refractivity contribution in [1.82, 2.24) is 20.2 Å². The van der Waals surface area contributed by atoms with Gasteiger partial charge < -0.3 is 10.6 Å². The van der Waals surface area contributed by atoms with Gasteiger partial charge in [0, 0.05) is 17.8 Å². The van der Waals surface area contributed by atoms with Crippen molar-refractivity contribution in [2.45, 2.75) is 43.9 Å². The molecular weight excluding hydrogens is 284 g/mol. The lowest BCUT2D eigenvalue weighted by Crippen LogP contribution is -2.34. The Hall–Kier alpha value is -1.50. The van der Waals surface area contributed by atoms with Crippen LogP contribution in [0.25, 0.3) is 11.0 Å². The topological polar surface area (TPSA) is 78.5 Å². The summed E-state index contributed by atoms with van der Waals surface area (Å²) in [5.41, 5.74) is 0.778. The van der Waals surface area contributed by atoms with E-state index in [1.54, 1.807) is 6.20 Å². The Morgan fingerprint density at radius 2 is 2.19 bits per heavy atom. The van der Waals surface area contributed by atoms with E-state index in [1.165, 1.54) is 25.7 Å². The van der Waals surface area contributed by atoms with Gasteiger partial charge in [-0.1, -0.05) is 12.8 Å². The normalized spacial score (nSPS) is 22.4. The van der Waals surface area contributed by atoms with Gasteiger partial charge in [-0.3, -0.25) is 5.10 Å². The fourth-order valence-corrected chi connectivity index (χ4v) is 3.84. The molecule has 2 aromatic heterocycles. The minimum atomic E-state index is 0.469. The van der Waals surface area contributed by atoms with E-state index < -0.39 is 0 Å².